The van der Waals surface area contributed by atoms with Crippen LogP contribution in [0.1, 0.15) is 33.6 Å². The summed E-state index contributed by atoms with van der Waals surface area (Å²) < 4.78 is 0. The van der Waals surface area contributed by atoms with Crippen LogP contribution in [0.5, 0.6) is 0 Å². The summed E-state index contributed by atoms with van der Waals surface area (Å²) in [6.07, 6.45) is 1.24. The molecule has 0 unspecified atom stereocenters. The minimum atomic E-state index is -0.436. The van der Waals surface area contributed by atoms with E-state index in [0.717, 1.165) is 6.42 Å². The molecule has 1 rings (SSSR count). The lowest BCUT2D eigenvalue weighted by Crippen LogP contribution is -2.53. The summed E-state index contributed by atoms with van der Waals surface area (Å²) in [5.41, 5.74) is 2.10. The van der Waals surface area contributed by atoms with E-state index in [1.807, 2.05) is 20.8 Å². The molecule has 5 heteroatoms. The Kier molecular flexibility index (Phi) is 2.98. The number of nitrogens with one attached hydrogen (secondary N) is 2. The third-order valence-corrected chi connectivity index (χ3v) is 2.16. The molecule has 1 aliphatic heterocycles. The Labute approximate surface area is 83.8 Å². The van der Waals surface area contributed by atoms with Gasteiger partial charge < -0.3 is 5.32 Å². The Balaban J connectivity index is 2.59. The van der Waals surface area contributed by atoms with Gasteiger partial charge in [-0.25, -0.2) is 9.80 Å². The predicted octanol–water partition coefficient (Wildman–Crippen LogP) is 0.621. The highest BCUT2D eigenvalue weighted by Gasteiger charge is 2.40. The van der Waals surface area contributed by atoms with Crippen LogP contribution in [0.25, 0.3) is 0 Å². The first-order valence-corrected chi connectivity index (χ1v) is 4.85. The van der Waals surface area contributed by atoms with E-state index in [1.165, 1.54) is 5.01 Å². The first-order valence-electron chi connectivity index (χ1n) is 4.85. The van der Waals surface area contributed by atoms with Crippen LogP contribution in [0.15, 0.2) is 0 Å². The Bertz CT molecular complexity index is 250. The molecule has 0 spiro atoms. The van der Waals surface area contributed by atoms with Gasteiger partial charge >= 0.3 is 6.03 Å². The normalized spacial score (nSPS) is 19.4. The quantitative estimate of drug-likeness (QED) is 0.685. The van der Waals surface area contributed by atoms with E-state index in [2.05, 4.69) is 10.7 Å². The number of carbonyl (C=O) groups excluding carboxylic acids is 2. The zero-order valence-corrected chi connectivity index (χ0v) is 8.89. The molecule has 1 aliphatic rings. The van der Waals surface area contributed by atoms with E-state index in [1.54, 1.807) is 0 Å². The van der Waals surface area contributed by atoms with Crippen LogP contribution >= 0.6 is 0 Å². The molecule has 5 nitrogen and oxygen atoms in total. The second-order valence-electron chi connectivity index (χ2n) is 4.09. The summed E-state index contributed by atoms with van der Waals surface area (Å²) in [7, 11) is 0. The maximum Gasteiger partial charge on any atom is 0.336 e. The average Bonchev–Trinajstić information content (AvgIpc) is 2.35. The Hall–Kier alpha value is -1.26. The van der Waals surface area contributed by atoms with Gasteiger partial charge in [0.15, 0.2) is 0 Å². The number of amides is 3. The summed E-state index contributed by atoms with van der Waals surface area (Å²) in [4.78, 5) is 22.7. The fourth-order valence-corrected chi connectivity index (χ4v) is 1.42. The van der Waals surface area contributed by atoms with Crippen LogP contribution < -0.4 is 10.7 Å². The third kappa shape index (κ3) is 2.16. The van der Waals surface area contributed by atoms with Gasteiger partial charge in [-0.3, -0.25) is 10.2 Å². The van der Waals surface area contributed by atoms with Gasteiger partial charge in [-0.15, -0.1) is 0 Å². The van der Waals surface area contributed by atoms with Gasteiger partial charge in [0.1, 0.15) is 0 Å². The number of hydrogen-bond donors (Lipinski definition) is 2. The van der Waals surface area contributed by atoms with Crippen LogP contribution in [0.3, 0.4) is 0 Å². The van der Waals surface area contributed by atoms with Crippen molar-refractivity contribution in [2.75, 3.05) is 6.54 Å². The standard InChI is InChI=1S/C9H17N3O2/c1-4-5-10-8(14)12-9(2,3)6-7(13)11-12/h4-6H2,1-3H3,(H,10,14)(H,11,13). The largest absolute Gasteiger partial charge is 0.337 e. The molecule has 0 bridgehead atoms. The summed E-state index contributed by atoms with van der Waals surface area (Å²) in [6, 6.07) is -0.234. The van der Waals surface area contributed by atoms with E-state index < -0.39 is 5.54 Å². The minimum Gasteiger partial charge on any atom is -0.337 e. The lowest BCUT2D eigenvalue weighted by Gasteiger charge is -2.29. The molecule has 0 saturated carbocycles. The smallest absolute Gasteiger partial charge is 0.336 e. The monoisotopic (exact) mass is 199 g/mol. The molecule has 1 heterocycles. The second kappa shape index (κ2) is 3.86. The fraction of sp³-hybridized carbons (Fsp3) is 0.778. The maximum atomic E-state index is 11.6. The molecule has 1 fully saturated rings. The summed E-state index contributed by atoms with van der Waals surface area (Å²) in [5, 5.41) is 4.09. The molecule has 3 amide bonds. The van der Waals surface area contributed by atoms with Crippen LogP contribution in [-0.2, 0) is 4.79 Å². The van der Waals surface area contributed by atoms with Gasteiger partial charge in [0.05, 0.1) is 12.0 Å². The highest BCUT2D eigenvalue weighted by atomic mass is 16.2. The number of nitrogens with zero attached hydrogens (tertiary/aromatic N) is 1. The fourth-order valence-electron chi connectivity index (χ4n) is 1.42. The lowest BCUT2D eigenvalue weighted by atomic mass is 10.0. The predicted molar refractivity (Wildman–Crippen MR) is 52.4 cm³/mol. The van der Waals surface area contributed by atoms with Crippen molar-refractivity contribution in [1.29, 1.82) is 0 Å². The molecular formula is C9H17N3O2. The zero-order chi connectivity index (χ0) is 10.8. The number of hydrazine groups is 1. The van der Waals surface area contributed by atoms with Crippen molar-refractivity contribution in [1.82, 2.24) is 15.8 Å². The lowest BCUT2D eigenvalue weighted by molar-refractivity contribution is -0.120. The number of rotatable bonds is 2. The first-order chi connectivity index (χ1) is 6.47. The molecule has 0 atom stereocenters. The van der Waals surface area contributed by atoms with Gasteiger partial charge in [0.25, 0.3) is 0 Å². The summed E-state index contributed by atoms with van der Waals surface area (Å²) in [5.74, 6) is -0.110. The molecule has 2 N–H and O–H groups in total. The van der Waals surface area contributed by atoms with E-state index in [4.69, 9.17) is 0 Å². The zero-order valence-electron chi connectivity index (χ0n) is 8.89. The highest BCUT2D eigenvalue weighted by molar-refractivity contribution is 5.86. The van der Waals surface area contributed by atoms with Gasteiger partial charge in [0.2, 0.25) is 5.91 Å². The van der Waals surface area contributed by atoms with E-state index in [9.17, 15) is 9.59 Å². The number of hydrogen-bond acceptors (Lipinski definition) is 2. The summed E-state index contributed by atoms with van der Waals surface area (Å²) in [6.45, 7) is 6.32. The van der Waals surface area contributed by atoms with Crippen molar-refractivity contribution in [3.8, 4) is 0 Å². The van der Waals surface area contributed by atoms with Crippen LogP contribution in [-0.4, -0.2) is 29.0 Å². The van der Waals surface area contributed by atoms with Crippen LogP contribution in [0, 0.1) is 0 Å². The van der Waals surface area contributed by atoms with E-state index >= 15 is 0 Å². The van der Waals surface area contributed by atoms with Gasteiger partial charge in [-0.1, -0.05) is 6.92 Å². The van der Waals surface area contributed by atoms with Gasteiger partial charge in [-0.05, 0) is 20.3 Å². The van der Waals surface area contributed by atoms with Crippen molar-refractivity contribution < 1.29 is 9.59 Å². The minimum absolute atomic E-state index is 0.110. The van der Waals surface area contributed by atoms with Gasteiger partial charge in [0, 0.05) is 6.54 Å². The third-order valence-electron chi connectivity index (χ3n) is 2.16. The SMILES string of the molecule is CCCNC(=O)N1NC(=O)CC1(C)C. The van der Waals surface area contributed by atoms with E-state index in [0.29, 0.717) is 13.0 Å². The topological polar surface area (TPSA) is 61.4 Å². The Morgan fingerprint density at radius 1 is 1.64 bits per heavy atom. The first kappa shape index (κ1) is 10.8. The van der Waals surface area contributed by atoms with Crippen molar-refractivity contribution in [2.24, 2.45) is 0 Å². The molecule has 0 aromatic carbocycles. The van der Waals surface area contributed by atoms with Crippen molar-refractivity contribution in [3.63, 3.8) is 0 Å². The molecule has 1 saturated heterocycles. The molecule has 0 aromatic rings. The van der Waals surface area contributed by atoms with Crippen molar-refractivity contribution >= 4 is 11.9 Å². The summed E-state index contributed by atoms with van der Waals surface area (Å²) >= 11 is 0. The molecule has 14 heavy (non-hydrogen) atoms. The second-order valence-corrected chi connectivity index (χ2v) is 4.09. The van der Waals surface area contributed by atoms with E-state index in [-0.39, 0.29) is 11.9 Å². The van der Waals surface area contributed by atoms with Crippen molar-refractivity contribution in [3.05, 3.63) is 0 Å². The Morgan fingerprint density at radius 3 is 2.71 bits per heavy atom. The molecular weight excluding hydrogens is 182 g/mol. The van der Waals surface area contributed by atoms with Gasteiger partial charge in [-0.2, -0.15) is 0 Å². The molecule has 0 aliphatic carbocycles. The average molecular weight is 199 g/mol. The number of carbonyl (C=O) groups is 2. The van der Waals surface area contributed by atoms with Crippen LogP contribution in [0.2, 0.25) is 0 Å². The van der Waals surface area contributed by atoms with Crippen LogP contribution in [0.4, 0.5) is 4.79 Å². The molecule has 0 radical (unpaired) electrons. The highest BCUT2D eigenvalue weighted by Crippen LogP contribution is 2.22. The number of urea groups is 1. The van der Waals surface area contributed by atoms with Crippen molar-refractivity contribution in [2.45, 2.75) is 39.2 Å². The molecule has 0 aromatic heterocycles. The maximum absolute atomic E-state index is 11.6. The molecule has 80 valence electrons. The Morgan fingerprint density at radius 2 is 2.29 bits per heavy atom.